The van der Waals surface area contributed by atoms with Gasteiger partial charge in [-0.1, -0.05) is 0 Å². The van der Waals surface area contributed by atoms with Crippen molar-refractivity contribution >= 4 is 23.5 Å². The van der Waals surface area contributed by atoms with E-state index in [9.17, 15) is 0 Å². The second kappa shape index (κ2) is 4.45. The van der Waals surface area contributed by atoms with E-state index in [-0.39, 0.29) is 0 Å². The zero-order chi connectivity index (χ0) is 9.15. The number of hydrogen-bond acceptors (Lipinski definition) is 3. The summed E-state index contributed by atoms with van der Waals surface area (Å²) < 4.78 is 0.630. The average molecular weight is 217 g/mol. The number of hydrogen-bond donors (Lipinski definition) is 1. The van der Waals surface area contributed by atoms with Crippen molar-refractivity contribution in [1.29, 1.82) is 0 Å². The molecule has 0 aromatic rings. The van der Waals surface area contributed by atoms with Gasteiger partial charge in [0.05, 0.1) is 0 Å². The molecule has 1 spiro atoms. The molecule has 0 bridgehead atoms. The first-order valence-electron chi connectivity index (χ1n) is 5.26. The summed E-state index contributed by atoms with van der Waals surface area (Å²) in [5.41, 5.74) is 5.78. The first-order valence-corrected chi connectivity index (χ1v) is 7.40. The zero-order valence-corrected chi connectivity index (χ0v) is 9.76. The van der Waals surface area contributed by atoms with Crippen LogP contribution in [-0.2, 0) is 0 Å². The van der Waals surface area contributed by atoms with Crippen molar-refractivity contribution in [3.63, 3.8) is 0 Å². The van der Waals surface area contributed by atoms with Gasteiger partial charge >= 0.3 is 0 Å². The van der Waals surface area contributed by atoms with Gasteiger partial charge in [0, 0.05) is 10.5 Å². The van der Waals surface area contributed by atoms with E-state index in [4.69, 9.17) is 5.73 Å². The smallest absolute Gasteiger partial charge is 0.0253 e. The average Bonchev–Trinajstić information content (AvgIpc) is 2.19. The Balaban J connectivity index is 1.95. The first-order chi connectivity index (χ1) is 6.35. The molecular formula is C10H19NS2. The van der Waals surface area contributed by atoms with Crippen molar-refractivity contribution < 1.29 is 0 Å². The summed E-state index contributed by atoms with van der Waals surface area (Å²) in [6.45, 7) is 0.910. The molecular weight excluding hydrogens is 198 g/mol. The van der Waals surface area contributed by atoms with E-state index in [2.05, 4.69) is 23.5 Å². The standard InChI is InChI=1S/C10H19NS2/c11-7-9-2-5-13-10(6-9)3-1-4-12-8-10/h9H,1-8,11H2. The van der Waals surface area contributed by atoms with Crippen molar-refractivity contribution in [2.24, 2.45) is 11.7 Å². The summed E-state index contributed by atoms with van der Waals surface area (Å²) in [6.07, 6.45) is 5.62. The SMILES string of the molecule is NCC1CCSC2(CCCSC2)C1. The highest BCUT2D eigenvalue weighted by molar-refractivity contribution is 8.04. The summed E-state index contributed by atoms with van der Waals surface area (Å²) >= 11 is 4.38. The number of rotatable bonds is 1. The van der Waals surface area contributed by atoms with E-state index in [1.165, 1.54) is 42.9 Å². The predicted molar refractivity (Wildman–Crippen MR) is 63.5 cm³/mol. The monoisotopic (exact) mass is 217 g/mol. The normalized spacial score (nSPS) is 40.8. The third kappa shape index (κ3) is 2.37. The molecule has 2 heterocycles. The summed E-state index contributed by atoms with van der Waals surface area (Å²) in [5.74, 6) is 4.94. The van der Waals surface area contributed by atoms with E-state index in [1.807, 2.05) is 0 Å². The maximum absolute atomic E-state index is 5.78. The van der Waals surface area contributed by atoms with Crippen LogP contribution in [-0.4, -0.2) is 28.6 Å². The van der Waals surface area contributed by atoms with Crippen LogP contribution >= 0.6 is 23.5 Å². The van der Waals surface area contributed by atoms with Gasteiger partial charge in [-0.3, -0.25) is 0 Å². The van der Waals surface area contributed by atoms with Gasteiger partial charge in [-0.2, -0.15) is 23.5 Å². The third-order valence-electron chi connectivity index (χ3n) is 3.21. The van der Waals surface area contributed by atoms with Gasteiger partial charge in [-0.25, -0.2) is 0 Å². The van der Waals surface area contributed by atoms with Crippen LogP contribution in [0.1, 0.15) is 25.7 Å². The fourth-order valence-electron chi connectivity index (χ4n) is 2.43. The van der Waals surface area contributed by atoms with Crippen LogP contribution in [0.15, 0.2) is 0 Å². The van der Waals surface area contributed by atoms with Gasteiger partial charge in [0.2, 0.25) is 0 Å². The Morgan fingerprint density at radius 2 is 2.31 bits per heavy atom. The highest BCUT2D eigenvalue weighted by Gasteiger charge is 2.37. The number of nitrogens with two attached hydrogens (primary N) is 1. The molecule has 2 aliphatic rings. The summed E-state index contributed by atoms with van der Waals surface area (Å²) in [5, 5.41) is 0. The Morgan fingerprint density at radius 3 is 3.00 bits per heavy atom. The van der Waals surface area contributed by atoms with E-state index < -0.39 is 0 Å². The molecule has 0 aromatic carbocycles. The summed E-state index contributed by atoms with van der Waals surface area (Å²) in [4.78, 5) is 0. The molecule has 2 saturated heterocycles. The highest BCUT2D eigenvalue weighted by atomic mass is 32.2. The van der Waals surface area contributed by atoms with Crippen LogP contribution in [0, 0.1) is 5.92 Å². The molecule has 0 saturated carbocycles. The molecule has 0 aromatic heterocycles. The fraction of sp³-hybridized carbons (Fsp3) is 1.00. The maximum Gasteiger partial charge on any atom is 0.0253 e. The molecule has 0 amide bonds. The predicted octanol–water partition coefficient (Wildman–Crippen LogP) is 2.35. The minimum absolute atomic E-state index is 0.630. The van der Waals surface area contributed by atoms with Gasteiger partial charge in [0.25, 0.3) is 0 Å². The fourth-order valence-corrected chi connectivity index (χ4v) is 5.67. The molecule has 2 unspecified atom stereocenters. The van der Waals surface area contributed by atoms with Crippen LogP contribution in [0.4, 0.5) is 0 Å². The third-order valence-corrected chi connectivity index (χ3v) is 6.30. The van der Waals surface area contributed by atoms with E-state index in [0.717, 1.165) is 12.5 Å². The minimum atomic E-state index is 0.630. The molecule has 0 aliphatic carbocycles. The summed E-state index contributed by atoms with van der Waals surface area (Å²) in [7, 11) is 0. The molecule has 3 heteroatoms. The Labute approximate surface area is 89.6 Å². The molecule has 0 radical (unpaired) electrons. The van der Waals surface area contributed by atoms with Crippen LogP contribution in [0.5, 0.6) is 0 Å². The topological polar surface area (TPSA) is 26.0 Å². The molecule has 2 N–H and O–H groups in total. The zero-order valence-electron chi connectivity index (χ0n) is 8.13. The van der Waals surface area contributed by atoms with Crippen LogP contribution in [0.2, 0.25) is 0 Å². The lowest BCUT2D eigenvalue weighted by atomic mass is 9.89. The lowest BCUT2D eigenvalue weighted by Crippen LogP contribution is -2.39. The Hall–Kier alpha value is 0.660. The quantitative estimate of drug-likeness (QED) is 0.730. The second-order valence-electron chi connectivity index (χ2n) is 4.28. The lowest BCUT2D eigenvalue weighted by Gasteiger charge is -2.42. The van der Waals surface area contributed by atoms with Crippen LogP contribution in [0.3, 0.4) is 0 Å². The second-order valence-corrected chi connectivity index (χ2v) is 6.95. The molecule has 2 atom stereocenters. The van der Waals surface area contributed by atoms with Crippen LogP contribution in [0.25, 0.3) is 0 Å². The first kappa shape index (κ1) is 10.2. The van der Waals surface area contributed by atoms with Crippen molar-refractivity contribution in [3.05, 3.63) is 0 Å². The molecule has 13 heavy (non-hydrogen) atoms. The molecule has 2 rings (SSSR count). The maximum atomic E-state index is 5.78. The molecule has 2 fully saturated rings. The van der Waals surface area contributed by atoms with Crippen molar-refractivity contribution in [3.8, 4) is 0 Å². The minimum Gasteiger partial charge on any atom is -0.330 e. The highest BCUT2D eigenvalue weighted by Crippen LogP contribution is 2.46. The Kier molecular flexibility index (Phi) is 3.49. The van der Waals surface area contributed by atoms with E-state index in [1.54, 1.807) is 0 Å². The lowest BCUT2D eigenvalue weighted by molar-refractivity contribution is 0.385. The molecule has 2 aliphatic heterocycles. The van der Waals surface area contributed by atoms with Crippen molar-refractivity contribution in [2.75, 3.05) is 23.8 Å². The summed E-state index contributed by atoms with van der Waals surface area (Å²) in [6, 6.07) is 0. The molecule has 76 valence electrons. The Bertz CT molecular complexity index is 161. The van der Waals surface area contributed by atoms with Crippen molar-refractivity contribution in [2.45, 2.75) is 30.4 Å². The van der Waals surface area contributed by atoms with E-state index >= 15 is 0 Å². The van der Waals surface area contributed by atoms with Gasteiger partial charge in [0.15, 0.2) is 0 Å². The van der Waals surface area contributed by atoms with Gasteiger partial charge < -0.3 is 5.73 Å². The van der Waals surface area contributed by atoms with Crippen molar-refractivity contribution in [1.82, 2.24) is 0 Å². The Morgan fingerprint density at radius 1 is 1.38 bits per heavy atom. The van der Waals surface area contributed by atoms with Crippen LogP contribution < -0.4 is 5.73 Å². The van der Waals surface area contributed by atoms with Gasteiger partial charge in [-0.05, 0) is 49.7 Å². The van der Waals surface area contributed by atoms with Gasteiger partial charge in [-0.15, -0.1) is 0 Å². The largest absolute Gasteiger partial charge is 0.330 e. The molecule has 1 nitrogen and oxygen atoms in total. The van der Waals surface area contributed by atoms with E-state index in [0.29, 0.717) is 4.75 Å². The van der Waals surface area contributed by atoms with Gasteiger partial charge in [0.1, 0.15) is 0 Å². The number of thioether (sulfide) groups is 2.